The maximum Gasteiger partial charge on any atom is 0.261 e. The van der Waals surface area contributed by atoms with Crippen LogP contribution < -0.4 is 10.2 Å². The van der Waals surface area contributed by atoms with Gasteiger partial charge in [0, 0.05) is 36.2 Å². The Morgan fingerprint density at radius 1 is 1.22 bits per heavy atom. The molecule has 1 saturated heterocycles. The van der Waals surface area contributed by atoms with Gasteiger partial charge in [-0.25, -0.2) is 9.67 Å². The van der Waals surface area contributed by atoms with E-state index in [0.717, 1.165) is 46.1 Å². The number of anilines is 1. The number of fused-ring (bicyclic) bond motifs is 1. The molecular formula is C23H22ClN5O2S. The average Bonchev–Trinajstić information content (AvgIpc) is 3.39. The molecule has 1 aliphatic rings. The molecule has 1 N–H and O–H groups in total. The monoisotopic (exact) mass is 467 g/mol. The number of ether oxygens (including phenoxy) is 1. The number of hydrogen-bond acceptors (Lipinski definition) is 6. The molecule has 0 radical (unpaired) electrons. The summed E-state index contributed by atoms with van der Waals surface area (Å²) in [6, 6.07) is 13.4. The molecule has 4 heterocycles. The molecule has 1 aromatic carbocycles. The summed E-state index contributed by atoms with van der Waals surface area (Å²) in [5.41, 5.74) is 2.76. The van der Waals surface area contributed by atoms with E-state index >= 15 is 0 Å². The maximum absolute atomic E-state index is 12.9. The zero-order valence-corrected chi connectivity index (χ0v) is 19.1. The van der Waals surface area contributed by atoms with Gasteiger partial charge in [0.1, 0.15) is 10.6 Å². The SMILES string of the molecule is Cc1nn(-c2cccc(Cl)c2)c2sc(C(=O)NCc3ccnc(N4CCOCC4)c3)cc12. The topological polar surface area (TPSA) is 72.3 Å². The third kappa shape index (κ3) is 4.21. The number of pyridine rings is 1. The number of aryl methyl sites for hydroxylation is 1. The van der Waals surface area contributed by atoms with Crippen molar-refractivity contribution in [3.8, 4) is 5.69 Å². The standard InChI is InChI=1S/C23H22ClN5O2S/c1-15-19-13-20(32-23(19)29(27-15)18-4-2-3-17(24)12-18)22(30)26-14-16-5-6-25-21(11-16)28-7-9-31-10-8-28/h2-6,11-13H,7-10,14H2,1H3,(H,26,30). The lowest BCUT2D eigenvalue weighted by atomic mass is 10.2. The summed E-state index contributed by atoms with van der Waals surface area (Å²) in [5, 5.41) is 9.28. The number of amides is 1. The van der Waals surface area contributed by atoms with Crippen molar-refractivity contribution in [2.24, 2.45) is 0 Å². The Morgan fingerprint density at radius 3 is 2.88 bits per heavy atom. The summed E-state index contributed by atoms with van der Waals surface area (Å²) >= 11 is 7.58. The molecule has 0 saturated carbocycles. The summed E-state index contributed by atoms with van der Waals surface area (Å²) in [7, 11) is 0. The quantitative estimate of drug-likeness (QED) is 0.476. The number of morpholine rings is 1. The molecule has 0 unspecified atom stereocenters. The molecule has 5 rings (SSSR count). The van der Waals surface area contributed by atoms with Gasteiger partial charge in [-0.2, -0.15) is 5.10 Å². The van der Waals surface area contributed by atoms with E-state index in [-0.39, 0.29) is 5.91 Å². The molecule has 1 aliphatic heterocycles. The predicted octanol–water partition coefficient (Wildman–Crippen LogP) is 4.21. The van der Waals surface area contributed by atoms with Gasteiger partial charge in [-0.15, -0.1) is 11.3 Å². The number of aromatic nitrogens is 3. The molecule has 0 aliphatic carbocycles. The minimum absolute atomic E-state index is 0.104. The molecule has 4 aromatic rings. The molecule has 1 fully saturated rings. The highest BCUT2D eigenvalue weighted by Crippen LogP contribution is 2.31. The number of benzene rings is 1. The molecule has 164 valence electrons. The van der Waals surface area contributed by atoms with Crippen molar-refractivity contribution in [2.75, 3.05) is 31.2 Å². The average molecular weight is 468 g/mol. The van der Waals surface area contributed by atoms with Gasteiger partial charge in [0.15, 0.2) is 0 Å². The fourth-order valence-electron chi connectivity index (χ4n) is 3.75. The second-order valence-electron chi connectivity index (χ2n) is 7.61. The van der Waals surface area contributed by atoms with Crippen LogP contribution in [0.1, 0.15) is 20.9 Å². The van der Waals surface area contributed by atoms with Crippen LogP contribution in [0.2, 0.25) is 5.02 Å². The molecule has 1 amide bonds. The summed E-state index contributed by atoms with van der Waals surface area (Å²) < 4.78 is 7.25. The highest BCUT2D eigenvalue weighted by molar-refractivity contribution is 7.20. The Kier molecular flexibility index (Phi) is 5.82. The fourth-order valence-corrected chi connectivity index (χ4v) is 5.03. The Labute approximate surface area is 194 Å². The number of rotatable bonds is 5. The van der Waals surface area contributed by atoms with E-state index in [1.165, 1.54) is 11.3 Å². The number of thiophene rings is 1. The smallest absolute Gasteiger partial charge is 0.261 e. The lowest BCUT2D eigenvalue weighted by Crippen LogP contribution is -2.36. The number of nitrogens with zero attached hydrogens (tertiary/aromatic N) is 4. The largest absolute Gasteiger partial charge is 0.378 e. The number of nitrogens with one attached hydrogen (secondary N) is 1. The molecule has 32 heavy (non-hydrogen) atoms. The third-order valence-electron chi connectivity index (χ3n) is 5.42. The van der Waals surface area contributed by atoms with Gasteiger partial charge in [0.05, 0.1) is 29.5 Å². The highest BCUT2D eigenvalue weighted by Gasteiger charge is 2.18. The highest BCUT2D eigenvalue weighted by atomic mass is 35.5. The Balaban J connectivity index is 1.33. The van der Waals surface area contributed by atoms with Crippen LogP contribution in [0.15, 0.2) is 48.7 Å². The van der Waals surface area contributed by atoms with Gasteiger partial charge < -0.3 is 15.0 Å². The zero-order valence-electron chi connectivity index (χ0n) is 17.5. The van der Waals surface area contributed by atoms with E-state index < -0.39 is 0 Å². The van der Waals surface area contributed by atoms with E-state index in [4.69, 9.17) is 16.3 Å². The van der Waals surface area contributed by atoms with Crippen molar-refractivity contribution in [2.45, 2.75) is 13.5 Å². The van der Waals surface area contributed by atoms with E-state index in [1.54, 1.807) is 6.20 Å². The van der Waals surface area contributed by atoms with E-state index in [2.05, 4.69) is 20.3 Å². The first-order valence-electron chi connectivity index (χ1n) is 10.4. The third-order valence-corrected chi connectivity index (χ3v) is 6.76. The second-order valence-corrected chi connectivity index (χ2v) is 9.08. The van der Waals surface area contributed by atoms with Crippen molar-refractivity contribution in [3.63, 3.8) is 0 Å². The van der Waals surface area contributed by atoms with Gasteiger partial charge in [0.25, 0.3) is 5.91 Å². The van der Waals surface area contributed by atoms with Crippen LogP contribution in [0.3, 0.4) is 0 Å². The van der Waals surface area contributed by atoms with Gasteiger partial charge in [-0.1, -0.05) is 17.7 Å². The van der Waals surface area contributed by atoms with Gasteiger partial charge in [0.2, 0.25) is 0 Å². The van der Waals surface area contributed by atoms with Crippen LogP contribution in [0.5, 0.6) is 0 Å². The van der Waals surface area contributed by atoms with Crippen LogP contribution in [-0.4, -0.2) is 47.0 Å². The molecule has 0 spiro atoms. The minimum Gasteiger partial charge on any atom is -0.378 e. The lowest BCUT2D eigenvalue weighted by molar-refractivity contribution is 0.0955. The van der Waals surface area contributed by atoms with Crippen molar-refractivity contribution in [3.05, 3.63) is 69.8 Å². The first-order chi connectivity index (χ1) is 15.6. The van der Waals surface area contributed by atoms with Crippen molar-refractivity contribution < 1.29 is 9.53 Å². The number of halogens is 1. The lowest BCUT2D eigenvalue weighted by Gasteiger charge is -2.28. The van der Waals surface area contributed by atoms with E-state index in [9.17, 15) is 4.79 Å². The van der Waals surface area contributed by atoms with E-state index in [0.29, 0.717) is 29.7 Å². The van der Waals surface area contributed by atoms with Crippen LogP contribution >= 0.6 is 22.9 Å². The molecule has 3 aromatic heterocycles. The number of carbonyl (C=O) groups excluding carboxylic acids is 1. The van der Waals surface area contributed by atoms with Gasteiger partial charge >= 0.3 is 0 Å². The van der Waals surface area contributed by atoms with Crippen LogP contribution in [0, 0.1) is 6.92 Å². The van der Waals surface area contributed by atoms with Gasteiger partial charge in [-0.05, 0) is 48.9 Å². The molecular weight excluding hydrogens is 446 g/mol. The maximum atomic E-state index is 12.9. The number of carbonyl (C=O) groups is 1. The fraction of sp³-hybridized carbons (Fsp3) is 0.261. The predicted molar refractivity (Wildman–Crippen MR) is 127 cm³/mol. The van der Waals surface area contributed by atoms with Crippen molar-refractivity contribution in [1.29, 1.82) is 0 Å². The minimum atomic E-state index is -0.104. The summed E-state index contributed by atoms with van der Waals surface area (Å²) in [6.07, 6.45) is 1.79. The number of hydrogen-bond donors (Lipinski definition) is 1. The molecule has 0 bridgehead atoms. The Bertz CT molecular complexity index is 1280. The van der Waals surface area contributed by atoms with Crippen molar-refractivity contribution >= 4 is 44.9 Å². The molecule has 9 heteroatoms. The molecule has 7 nitrogen and oxygen atoms in total. The zero-order chi connectivity index (χ0) is 22.1. The first kappa shape index (κ1) is 20.9. The second kappa shape index (κ2) is 8.90. The normalized spacial score (nSPS) is 14.1. The first-order valence-corrected chi connectivity index (χ1v) is 11.6. The van der Waals surface area contributed by atoms with Crippen LogP contribution in [-0.2, 0) is 11.3 Å². The summed E-state index contributed by atoms with van der Waals surface area (Å²) in [5.74, 6) is 0.812. The summed E-state index contributed by atoms with van der Waals surface area (Å²) in [4.78, 5) is 21.1. The Morgan fingerprint density at radius 2 is 2.06 bits per heavy atom. The van der Waals surface area contributed by atoms with E-state index in [1.807, 2.05) is 54.1 Å². The summed E-state index contributed by atoms with van der Waals surface area (Å²) in [6.45, 7) is 5.46. The van der Waals surface area contributed by atoms with Crippen molar-refractivity contribution in [1.82, 2.24) is 20.1 Å². The molecule has 0 atom stereocenters. The van der Waals surface area contributed by atoms with Crippen LogP contribution in [0.4, 0.5) is 5.82 Å². The van der Waals surface area contributed by atoms with Crippen LogP contribution in [0.25, 0.3) is 15.9 Å². The Hall–Kier alpha value is -2.94. The van der Waals surface area contributed by atoms with Gasteiger partial charge in [-0.3, -0.25) is 4.79 Å².